The summed E-state index contributed by atoms with van der Waals surface area (Å²) in [6.07, 6.45) is 2.62. The summed E-state index contributed by atoms with van der Waals surface area (Å²) in [5, 5.41) is 18.5. The van der Waals surface area contributed by atoms with E-state index in [1.807, 2.05) is 36.4 Å². The Morgan fingerprint density at radius 3 is 1.88 bits per heavy atom. The molecule has 0 aliphatic rings. The topological polar surface area (TPSA) is 40.5 Å². The van der Waals surface area contributed by atoms with Crippen LogP contribution in [0.25, 0.3) is 0 Å². The summed E-state index contributed by atoms with van der Waals surface area (Å²) in [6.45, 7) is 0.182. The molecule has 2 rings (SSSR count). The maximum absolute atomic E-state index is 9.48. The van der Waals surface area contributed by atoms with E-state index in [-0.39, 0.29) is 13.2 Å². The number of hydrogen-bond acceptors (Lipinski definition) is 2. The van der Waals surface area contributed by atoms with Gasteiger partial charge in [-0.2, -0.15) is 0 Å². The Bertz CT molecular complexity index is 691. The first kappa shape index (κ1) is 18.0. The minimum Gasteiger partial charge on any atom is -0.396 e. The molecule has 0 heterocycles. The first-order valence-electron chi connectivity index (χ1n) is 8.33. The fourth-order valence-corrected chi connectivity index (χ4v) is 2.61. The van der Waals surface area contributed by atoms with Gasteiger partial charge < -0.3 is 10.2 Å². The van der Waals surface area contributed by atoms with Crippen molar-refractivity contribution in [1.29, 1.82) is 0 Å². The van der Waals surface area contributed by atoms with E-state index in [0.29, 0.717) is 12.8 Å². The third-order valence-corrected chi connectivity index (χ3v) is 3.80. The van der Waals surface area contributed by atoms with Crippen LogP contribution in [-0.4, -0.2) is 23.4 Å². The van der Waals surface area contributed by atoms with Crippen molar-refractivity contribution in [1.82, 2.24) is 0 Å². The molecule has 0 aromatic heterocycles. The summed E-state index contributed by atoms with van der Waals surface area (Å²) >= 11 is 0. The van der Waals surface area contributed by atoms with Crippen molar-refractivity contribution in [2.45, 2.75) is 25.7 Å². The second-order valence-electron chi connectivity index (χ2n) is 5.66. The molecule has 2 aromatic rings. The van der Waals surface area contributed by atoms with Gasteiger partial charge in [-0.3, -0.25) is 0 Å². The summed E-state index contributed by atoms with van der Waals surface area (Å²) in [5.41, 5.74) is 4.63. The molecule has 2 aromatic carbocycles. The maximum Gasteiger partial charge on any atom is 0.0540 e. The molecule has 124 valence electrons. The molecule has 24 heavy (non-hydrogen) atoms. The van der Waals surface area contributed by atoms with Gasteiger partial charge >= 0.3 is 0 Å². The van der Waals surface area contributed by atoms with Crippen molar-refractivity contribution in [3.05, 3.63) is 82.9 Å². The molecule has 0 atom stereocenters. The molecular formula is C22H24O2. The van der Waals surface area contributed by atoms with Gasteiger partial charge in [0.15, 0.2) is 0 Å². The highest BCUT2D eigenvalue weighted by Gasteiger charge is 2.08. The van der Waals surface area contributed by atoms with Gasteiger partial charge in [0.2, 0.25) is 0 Å². The van der Waals surface area contributed by atoms with Crippen LogP contribution in [0.15, 0.2) is 71.8 Å². The van der Waals surface area contributed by atoms with Crippen LogP contribution >= 0.6 is 0 Å². The second kappa shape index (κ2) is 10.4. The number of aliphatic hydroxyl groups excluding tert-OH is 2. The molecule has 0 amide bonds. The molecule has 0 spiro atoms. The second-order valence-corrected chi connectivity index (χ2v) is 5.66. The minimum absolute atomic E-state index is 0.0691. The van der Waals surface area contributed by atoms with Gasteiger partial charge in [0.25, 0.3) is 0 Å². The molecule has 2 heteroatoms. The molecule has 0 aliphatic heterocycles. The molecule has 2 N–H and O–H groups in total. The van der Waals surface area contributed by atoms with E-state index >= 15 is 0 Å². The van der Waals surface area contributed by atoms with Gasteiger partial charge in [0, 0.05) is 25.0 Å². The van der Waals surface area contributed by atoms with E-state index in [9.17, 15) is 5.11 Å². The third-order valence-electron chi connectivity index (χ3n) is 3.80. The lowest BCUT2D eigenvalue weighted by Gasteiger charge is -2.12. The van der Waals surface area contributed by atoms with E-state index in [1.165, 1.54) is 11.1 Å². The summed E-state index contributed by atoms with van der Waals surface area (Å²) in [4.78, 5) is 0. The lowest BCUT2D eigenvalue weighted by molar-refractivity contribution is 0.298. The minimum atomic E-state index is 0.0691. The van der Waals surface area contributed by atoms with Gasteiger partial charge in [-0.05, 0) is 24.0 Å². The fourth-order valence-electron chi connectivity index (χ4n) is 2.61. The van der Waals surface area contributed by atoms with Gasteiger partial charge in [0.05, 0.1) is 6.61 Å². The van der Waals surface area contributed by atoms with E-state index in [4.69, 9.17) is 5.11 Å². The van der Waals surface area contributed by atoms with E-state index in [2.05, 4.69) is 36.1 Å². The Balaban J connectivity index is 2.33. The molecule has 0 radical (unpaired) electrons. The molecule has 0 saturated carbocycles. The van der Waals surface area contributed by atoms with E-state index < -0.39 is 0 Å². The lowest BCUT2D eigenvalue weighted by atomic mass is 9.93. The Labute approximate surface area is 144 Å². The largest absolute Gasteiger partial charge is 0.396 e. The number of allylic oxidation sites excluding steroid dienone is 1. The summed E-state index contributed by atoms with van der Waals surface area (Å²) in [7, 11) is 0. The van der Waals surface area contributed by atoms with Crippen molar-refractivity contribution in [3.63, 3.8) is 0 Å². The normalized spacial score (nSPS) is 11.4. The fraction of sp³-hybridized carbons (Fsp3) is 0.273. The van der Waals surface area contributed by atoms with Crippen molar-refractivity contribution in [2.24, 2.45) is 0 Å². The number of rotatable bonds is 7. The molecule has 0 fully saturated rings. The van der Waals surface area contributed by atoms with Crippen LogP contribution in [0.2, 0.25) is 0 Å². The highest BCUT2D eigenvalue weighted by Crippen LogP contribution is 2.19. The maximum atomic E-state index is 9.48. The Hall–Kier alpha value is -2.34. The Kier molecular flexibility index (Phi) is 7.83. The molecular weight excluding hydrogens is 296 g/mol. The van der Waals surface area contributed by atoms with Crippen molar-refractivity contribution < 1.29 is 10.2 Å². The molecule has 2 nitrogen and oxygen atoms in total. The Morgan fingerprint density at radius 1 is 0.750 bits per heavy atom. The van der Waals surface area contributed by atoms with Crippen LogP contribution in [0.5, 0.6) is 0 Å². The van der Waals surface area contributed by atoms with Crippen molar-refractivity contribution >= 4 is 0 Å². The standard InChI is InChI=1S/C22H24O2/c23-15-8-7-13-21(17-19-9-3-1-4-10-19)22(14-16-24)18-20-11-5-2-6-12-20/h1-6,9-12,23-24H,8,14-18H2/b22-21+. The number of benzene rings is 2. The first-order valence-corrected chi connectivity index (χ1v) is 8.33. The molecule has 0 bridgehead atoms. The van der Waals surface area contributed by atoms with Crippen molar-refractivity contribution in [3.8, 4) is 11.8 Å². The monoisotopic (exact) mass is 320 g/mol. The van der Waals surface area contributed by atoms with Gasteiger partial charge in [-0.25, -0.2) is 0 Å². The van der Waals surface area contributed by atoms with Crippen LogP contribution < -0.4 is 0 Å². The highest BCUT2D eigenvalue weighted by atomic mass is 16.3. The SMILES string of the molecule is OCCC#C/C(Cc1ccccc1)=C(/CCO)Cc1ccccc1. The summed E-state index contributed by atoms with van der Waals surface area (Å²) < 4.78 is 0. The van der Waals surface area contributed by atoms with Gasteiger partial charge in [-0.1, -0.05) is 78.1 Å². The van der Waals surface area contributed by atoms with Crippen molar-refractivity contribution in [2.75, 3.05) is 13.2 Å². The summed E-state index contributed by atoms with van der Waals surface area (Å²) in [6, 6.07) is 20.5. The quantitative estimate of drug-likeness (QED) is 0.766. The van der Waals surface area contributed by atoms with E-state index in [1.54, 1.807) is 0 Å². The first-order chi connectivity index (χ1) is 11.8. The summed E-state index contributed by atoms with van der Waals surface area (Å²) in [5.74, 6) is 6.27. The smallest absolute Gasteiger partial charge is 0.0540 e. The van der Waals surface area contributed by atoms with Crippen LogP contribution in [0.1, 0.15) is 24.0 Å². The van der Waals surface area contributed by atoms with E-state index in [0.717, 1.165) is 24.0 Å². The third kappa shape index (κ3) is 6.04. The van der Waals surface area contributed by atoms with Crippen LogP contribution in [0, 0.1) is 11.8 Å². The predicted octanol–water partition coefficient (Wildman–Crippen LogP) is 3.54. The van der Waals surface area contributed by atoms with Gasteiger partial charge in [0.1, 0.15) is 0 Å². The van der Waals surface area contributed by atoms with Crippen LogP contribution in [0.3, 0.4) is 0 Å². The highest BCUT2D eigenvalue weighted by molar-refractivity contribution is 5.40. The molecule has 0 aliphatic carbocycles. The van der Waals surface area contributed by atoms with Crippen LogP contribution in [-0.2, 0) is 12.8 Å². The Morgan fingerprint density at radius 2 is 1.33 bits per heavy atom. The predicted molar refractivity (Wildman–Crippen MR) is 98.5 cm³/mol. The molecule has 0 saturated heterocycles. The average molecular weight is 320 g/mol. The number of hydrogen-bond donors (Lipinski definition) is 2. The zero-order valence-corrected chi connectivity index (χ0v) is 13.9. The zero-order chi connectivity index (χ0) is 17.0. The lowest BCUT2D eigenvalue weighted by Crippen LogP contribution is -2.01. The van der Waals surface area contributed by atoms with Crippen LogP contribution in [0.4, 0.5) is 0 Å². The zero-order valence-electron chi connectivity index (χ0n) is 13.9. The average Bonchev–Trinajstić information content (AvgIpc) is 2.62. The number of aliphatic hydroxyl groups is 2. The molecule has 0 unspecified atom stereocenters. The van der Waals surface area contributed by atoms with Gasteiger partial charge in [-0.15, -0.1) is 0 Å².